The molecule has 0 bridgehead atoms. The number of unbranched alkanes of at least 4 members (excludes halogenated alkanes) is 2. The third kappa shape index (κ3) is 3.34. The maximum absolute atomic E-state index is 8.67. The summed E-state index contributed by atoms with van der Waals surface area (Å²) in [5, 5.41) is 11.2. The van der Waals surface area contributed by atoms with Gasteiger partial charge in [0.1, 0.15) is 10.9 Å². The van der Waals surface area contributed by atoms with Crippen molar-refractivity contribution < 1.29 is 9.84 Å². The molecular weight excluding hydrogens is 250 g/mol. The first-order chi connectivity index (χ1) is 8.81. The van der Waals surface area contributed by atoms with Gasteiger partial charge in [0.25, 0.3) is 0 Å². The second kappa shape index (κ2) is 6.57. The van der Waals surface area contributed by atoms with E-state index in [0.29, 0.717) is 11.8 Å². The van der Waals surface area contributed by atoms with Crippen LogP contribution in [0.1, 0.15) is 19.3 Å². The van der Waals surface area contributed by atoms with Crippen molar-refractivity contribution in [2.75, 3.05) is 13.2 Å². The number of hydrogen-bond acceptors (Lipinski definition) is 3. The van der Waals surface area contributed by atoms with Gasteiger partial charge in [0, 0.05) is 18.2 Å². The summed E-state index contributed by atoms with van der Waals surface area (Å²) in [4.78, 5) is 4.03. The molecule has 0 spiro atoms. The number of nitrogens with zero attached hydrogens (tertiary/aromatic N) is 1. The molecule has 0 fully saturated rings. The summed E-state index contributed by atoms with van der Waals surface area (Å²) < 4.78 is 5.66. The van der Waals surface area contributed by atoms with Crippen LogP contribution in [0.15, 0.2) is 30.5 Å². The number of ether oxygens (including phenoxy) is 1. The van der Waals surface area contributed by atoms with Gasteiger partial charge in [-0.15, -0.1) is 0 Å². The van der Waals surface area contributed by atoms with Crippen LogP contribution >= 0.6 is 11.6 Å². The molecule has 18 heavy (non-hydrogen) atoms. The van der Waals surface area contributed by atoms with Crippen LogP contribution in [0.5, 0.6) is 5.75 Å². The summed E-state index contributed by atoms with van der Waals surface area (Å²) in [6.45, 7) is 0.922. The van der Waals surface area contributed by atoms with Crippen molar-refractivity contribution in [3.8, 4) is 5.75 Å². The van der Waals surface area contributed by atoms with Gasteiger partial charge in [-0.25, -0.2) is 4.98 Å². The van der Waals surface area contributed by atoms with Crippen molar-refractivity contribution in [3.05, 3.63) is 35.6 Å². The summed E-state index contributed by atoms with van der Waals surface area (Å²) in [6.07, 6.45) is 4.47. The summed E-state index contributed by atoms with van der Waals surface area (Å²) in [5.74, 6) is 0.841. The normalized spacial score (nSPS) is 10.8. The Balaban J connectivity index is 1.98. The number of aliphatic hydroxyl groups excluding tert-OH is 1. The molecule has 0 aliphatic heterocycles. The number of rotatable bonds is 6. The van der Waals surface area contributed by atoms with Gasteiger partial charge in [-0.05, 0) is 48.9 Å². The van der Waals surface area contributed by atoms with E-state index in [-0.39, 0.29) is 6.61 Å². The van der Waals surface area contributed by atoms with E-state index in [1.165, 1.54) is 0 Å². The second-order valence-electron chi connectivity index (χ2n) is 4.12. The number of aliphatic hydroxyl groups is 1. The molecule has 96 valence electrons. The van der Waals surface area contributed by atoms with E-state index in [1.54, 1.807) is 6.20 Å². The molecule has 1 aromatic heterocycles. The Bertz CT molecular complexity index is 516. The zero-order chi connectivity index (χ0) is 12.8. The van der Waals surface area contributed by atoms with Crippen LogP contribution in [0.2, 0.25) is 5.15 Å². The van der Waals surface area contributed by atoms with Crippen LogP contribution in [0.4, 0.5) is 0 Å². The quantitative estimate of drug-likeness (QED) is 0.643. The molecule has 0 unspecified atom stereocenters. The van der Waals surface area contributed by atoms with Crippen molar-refractivity contribution >= 4 is 22.4 Å². The lowest BCUT2D eigenvalue weighted by molar-refractivity contribution is 0.266. The lowest BCUT2D eigenvalue weighted by atomic mass is 10.2. The smallest absolute Gasteiger partial charge is 0.136 e. The molecule has 0 aliphatic carbocycles. The fraction of sp³-hybridized carbons (Fsp3) is 0.357. The number of halogens is 1. The monoisotopic (exact) mass is 265 g/mol. The molecule has 0 saturated heterocycles. The van der Waals surface area contributed by atoms with Crippen LogP contribution in [-0.4, -0.2) is 23.3 Å². The molecule has 1 N–H and O–H groups in total. The minimum atomic E-state index is 0.251. The number of aromatic nitrogens is 1. The van der Waals surface area contributed by atoms with Gasteiger partial charge in [-0.1, -0.05) is 11.6 Å². The molecule has 1 aromatic carbocycles. The molecule has 1 heterocycles. The molecule has 2 aromatic rings. The summed E-state index contributed by atoms with van der Waals surface area (Å²) >= 11 is 6.00. The number of pyridine rings is 1. The molecule has 4 heteroatoms. The molecule has 2 rings (SSSR count). The van der Waals surface area contributed by atoms with Crippen LogP contribution in [0, 0.1) is 0 Å². The Morgan fingerprint density at radius 3 is 2.89 bits per heavy atom. The van der Waals surface area contributed by atoms with Gasteiger partial charge >= 0.3 is 0 Å². The van der Waals surface area contributed by atoms with Crippen LogP contribution in [0.3, 0.4) is 0 Å². The third-order valence-electron chi connectivity index (χ3n) is 2.76. The van der Waals surface area contributed by atoms with Crippen molar-refractivity contribution in [1.82, 2.24) is 4.98 Å². The Morgan fingerprint density at radius 1 is 1.17 bits per heavy atom. The fourth-order valence-electron chi connectivity index (χ4n) is 1.79. The molecule has 0 aliphatic rings. The van der Waals surface area contributed by atoms with E-state index in [2.05, 4.69) is 4.98 Å². The van der Waals surface area contributed by atoms with Gasteiger partial charge in [0.05, 0.1) is 6.61 Å². The maximum atomic E-state index is 8.67. The SMILES string of the molecule is OCCCCCOc1ccc2c(Cl)nccc2c1. The first-order valence-corrected chi connectivity index (χ1v) is 6.47. The summed E-state index contributed by atoms with van der Waals surface area (Å²) in [6, 6.07) is 7.71. The van der Waals surface area contributed by atoms with E-state index < -0.39 is 0 Å². The first-order valence-electron chi connectivity index (χ1n) is 6.09. The highest BCUT2D eigenvalue weighted by atomic mass is 35.5. The van der Waals surface area contributed by atoms with Gasteiger partial charge in [-0.3, -0.25) is 0 Å². The van der Waals surface area contributed by atoms with E-state index >= 15 is 0 Å². The third-order valence-corrected chi connectivity index (χ3v) is 3.06. The number of fused-ring (bicyclic) bond motifs is 1. The molecule has 0 saturated carbocycles. The van der Waals surface area contributed by atoms with Crippen LogP contribution in [-0.2, 0) is 0 Å². The Morgan fingerprint density at radius 2 is 2.06 bits per heavy atom. The van der Waals surface area contributed by atoms with Gasteiger partial charge in [-0.2, -0.15) is 0 Å². The van der Waals surface area contributed by atoms with Crippen molar-refractivity contribution in [2.24, 2.45) is 0 Å². The Labute approximate surface area is 111 Å². The number of hydrogen-bond donors (Lipinski definition) is 1. The zero-order valence-corrected chi connectivity index (χ0v) is 10.9. The van der Waals surface area contributed by atoms with Gasteiger partial charge in [0.2, 0.25) is 0 Å². The minimum Gasteiger partial charge on any atom is -0.494 e. The van der Waals surface area contributed by atoms with E-state index in [0.717, 1.165) is 35.8 Å². The topological polar surface area (TPSA) is 42.4 Å². The maximum Gasteiger partial charge on any atom is 0.136 e. The summed E-state index contributed by atoms with van der Waals surface area (Å²) in [5.41, 5.74) is 0. The lowest BCUT2D eigenvalue weighted by Crippen LogP contribution is -1.98. The standard InChI is InChI=1S/C14H16ClNO2/c15-14-13-5-4-12(10-11(13)6-7-16-14)18-9-3-1-2-8-17/h4-7,10,17H,1-3,8-9H2. The predicted molar refractivity (Wildman–Crippen MR) is 73.2 cm³/mol. The van der Waals surface area contributed by atoms with E-state index in [1.807, 2.05) is 24.3 Å². The highest BCUT2D eigenvalue weighted by Crippen LogP contribution is 2.25. The van der Waals surface area contributed by atoms with Crippen LogP contribution < -0.4 is 4.74 Å². The minimum absolute atomic E-state index is 0.251. The largest absolute Gasteiger partial charge is 0.494 e. The Hall–Kier alpha value is -1.32. The number of benzene rings is 1. The zero-order valence-electron chi connectivity index (χ0n) is 10.1. The molecule has 3 nitrogen and oxygen atoms in total. The average Bonchev–Trinajstić information content (AvgIpc) is 2.39. The molecular formula is C14H16ClNO2. The molecule has 0 radical (unpaired) electrons. The average molecular weight is 266 g/mol. The van der Waals surface area contributed by atoms with Crippen LogP contribution in [0.25, 0.3) is 10.8 Å². The van der Waals surface area contributed by atoms with Gasteiger partial charge in [0.15, 0.2) is 0 Å². The van der Waals surface area contributed by atoms with Crippen molar-refractivity contribution in [3.63, 3.8) is 0 Å². The van der Waals surface area contributed by atoms with E-state index in [4.69, 9.17) is 21.4 Å². The molecule has 0 amide bonds. The second-order valence-corrected chi connectivity index (χ2v) is 4.48. The lowest BCUT2D eigenvalue weighted by Gasteiger charge is -2.07. The van der Waals surface area contributed by atoms with E-state index in [9.17, 15) is 0 Å². The molecule has 0 atom stereocenters. The summed E-state index contributed by atoms with van der Waals surface area (Å²) in [7, 11) is 0. The first kappa shape index (κ1) is 13.1. The van der Waals surface area contributed by atoms with Crippen molar-refractivity contribution in [1.29, 1.82) is 0 Å². The Kier molecular flexibility index (Phi) is 4.79. The van der Waals surface area contributed by atoms with Crippen molar-refractivity contribution in [2.45, 2.75) is 19.3 Å². The highest BCUT2D eigenvalue weighted by molar-refractivity contribution is 6.34. The highest BCUT2D eigenvalue weighted by Gasteiger charge is 2.01. The fourth-order valence-corrected chi connectivity index (χ4v) is 2.02. The predicted octanol–water partition coefficient (Wildman–Crippen LogP) is 3.43. The van der Waals surface area contributed by atoms with Gasteiger partial charge < -0.3 is 9.84 Å².